The summed E-state index contributed by atoms with van der Waals surface area (Å²) in [5, 5.41) is 2.59. The van der Waals surface area contributed by atoms with Crippen LogP contribution < -0.4 is 5.32 Å². The second-order valence-electron chi connectivity index (χ2n) is 2.84. The lowest BCUT2D eigenvalue weighted by molar-refractivity contribution is -0.116. The van der Waals surface area contributed by atoms with Crippen LogP contribution in [-0.4, -0.2) is 5.91 Å². The molecule has 0 aliphatic rings. The predicted molar refractivity (Wildman–Crippen MR) is 63.0 cm³/mol. The zero-order chi connectivity index (χ0) is 12.4. The minimum Gasteiger partial charge on any atom is -0.348 e. The molecule has 84 valence electrons. The van der Waals surface area contributed by atoms with E-state index in [1.807, 2.05) is 0 Å². The largest absolute Gasteiger partial charge is 0.348 e. The number of carbonyl (C=O) groups is 1. The van der Waals surface area contributed by atoms with Gasteiger partial charge in [-0.05, 0) is 30.7 Å². The van der Waals surface area contributed by atoms with Crippen molar-refractivity contribution in [2.24, 2.45) is 0 Å². The highest BCUT2D eigenvalue weighted by Crippen LogP contribution is 2.01. The summed E-state index contributed by atoms with van der Waals surface area (Å²) in [7, 11) is 0. The van der Waals surface area contributed by atoms with E-state index in [2.05, 4.69) is 24.2 Å². The SMILES string of the molecule is C#CC.C=CC(=O)NCc1ccc(F)cc1. The number of carbonyl (C=O) groups excluding carboxylic acids is 1. The Morgan fingerprint density at radius 2 is 2.06 bits per heavy atom. The molecule has 16 heavy (non-hydrogen) atoms. The molecule has 0 unspecified atom stereocenters. The van der Waals surface area contributed by atoms with Crippen LogP contribution in [0.2, 0.25) is 0 Å². The smallest absolute Gasteiger partial charge is 0.243 e. The Morgan fingerprint density at radius 3 is 2.50 bits per heavy atom. The van der Waals surface area contributed by atoms with Gasteiger partial charge in [-0.3, -0.25) is 4.79 Å². The van der Waals surface area contributed by atoms with Crippen LogP contribution in [0.5, 0.6) is 0 Å². The van der Waals surface area contributed by atoms with Crippen molar-refractivity contribution in [1.82, 2.24) is 5.32 Å². The molecule has 0 saturated heterocycles. The van der Waals surface area contributed by atoms with Crippen LogP contribution in [-0.2, 0) is 11.3 Å². The van der Waals surface area contributed by atoms with Crippen molar-refractivity contribution in [1.29, 1.82) is 0 Å². The predicted octanol–water partition coefficient (Wildman–Crippen LogP) is 2.27. The van der Waals surface area contributed by atoms with Gasteiger partial charge in [0.1, 0.15) is 5.82 Å². The maximum absolute atomic E-state index is 12.4. The Balaban J connectivity index is 0.000000673. The van der Waals surface area contributed by atoms with Gasteiger partial charge in [0, 0.05) is 6.54 Å². The molecule has 1 aromatic rings. The summed E-state index contributed by atoms with van der Waals surface area (Å²) in [5.74, 6) is 1.74. The standard InChI is InChI=1S/C10H10FNO.C3H4/c1-2-10(13)12-7-8-3-5-9(11)6-4-8;1-3-2/h2-6H,1,7H2,(H,12,13);1H,2H3. The van der Waals surface area contributed by atoms with E-state index in [4.69, 9.17) is 0 Å². The van der Waals surface area contributed by atoms with Crippen molar-refractivity contribution < 1.29 is 9.18 Å². The molecule has 0 fully saturated rings. The van der Waals surface area contributed by atoms with Crippen molar-refractivity contribution in [3.63, 3.8) is 0 Å². The second-order valence-corrected chi connectivity index (χ2v) is 2.84. The maximum Gasteiger partial charge on any atom is 0.243 e. The number of halogens is 1. The number of amides is 1. The first-order chi connectivity index (χ1) is 7.63. The average molecular weight is 219 g/mol. The summed E-state index contributed by atoms with van der Waals surface area (Å²) >= 11 is 0. The Bertz CT molecular complexity index is 376. The normalized spacial score (nSPS) is 8.06. The van der Waals surface area contributed by atoms with E-state index < -0.39 is 0 Å². The molecular weight excluding hydrogens is 205 g/mol. The van der Waals surface area contributed by atoms with Gasteiger partial charge in [0.25, 0.3) is 0 Å². The second kappa shape index (κ2) is 8.25. The number of terminal acetylenes is 1. The fraction of sp³-hybridized carbons (Fsp3) is 0.154. The fourth-order valence-corrected chi connectivity index (χ4v) is 0.864. The van der Waals surface area contributed by atoms with Crippen molar-refractivity contribution >= 4 is 5.91 Å². The molecular formula is C13H14FNO. The van der Waals surface area contributed by atoms with Crippen LogP contribution in [0.15, 0.2) is 36.9 Å². The van der Waals surface area contributed by atoms with E-state index >= 15 is 0 Å². The first kappa shape index (κ1) is 13.9. The van der Waals surface area contributed by atoms with E-state index in [1.165, 1.54) is 18.2 Å². The van der Waals surface area contributed by atoms with Crippen molar-refractivity contribution in [3.05, 3.63) is 48.3 Å². The first-order valence-corrected chi connectivity index (χ1v) is 4.66. The third-order valence-corrected chi connectivity index (χ3v) is 1.57. The average Bonchev–Trinajstić information content (AvgIpc) is 2.29. The lowest BCUT2D eigenvalue weighted by Gasteiger charge is -2.01. The molecule has 0 heterocycles. The molecule has 0 saturated carbocycles. The van der Waals surface area contributed by atoms with Crippen molar-refractivity contribution in [2.45, 2.75) is 13.5 Å². The van der Waals surface area contributed by atoms with E-state index in [9.17, 15) is 9.18 Å². The minimum atomic E-state index is -0.279. The minimum absolute atomic E-state index is 0.232. The number of hydrogen-bond donors (Lipinski definition) is 1. The highest BCUT2D eigenvalue weighted by molar-refractivity contribution is 5.86. The molecule has 0 aliphatic carbocycles. The molecule has 0 spiro atoms. The fourth-order valence-electron chi connectivity index (χ4n) is 0.864. The van der Waals surface area contributed by atoms with E-state index in [0.29, 0.717) is 6.54 Å². The zero-order valence-corrected chi connectivity index (χ0v) is 9.16. The van der Waals surface area contributed by atoms with Gasteiger partial charge < -0.3 is 5.32 Å². The molecule has 0 atom stereocenters. The molecule has 1 N–H and O–H groups in total. The van der Waals surface area contributed by atoms with Gasteiger partial charge in [-0.2, -0.15) is 0 Å². The Morgan fingerprint density at radius 1 is 1.56 bits per heavy atom. The van der Waals surface area contributed by atoms with Crippen LogP contribution in [0.25, 0.3) is 0 Å². The molecule has 0 aliphatic heterocycles. The van der Waals surface area contributed by atoms with Crippen LogP contribution in [0.1, 0.15) is 12.5 Å². The lowest BCUT2D eigenvalue weighted by Crippen LogP contribution is -2.19. The number of nitrogens with one attached hydrogen (secondary N) is 1. The van der Waals surface area contributed by atoms with Crippen LogP contribution in [0, 0.1) is 18.2 Å². The van der Waals surface area contributed by atoms with Crippen molar-refractivity contribution in [2.75, 3.05) is 0 Å². The molecule has 1 amide bonds. The first-order valence-electron chi connectivity index (χ1n) is 4.66. The van der Waals surface area contributed by atoms with Gasteiger partial charge in [0.05, 0.1) is 0 Å². The Kier molecular flexibility index (Phi) is 7.17. The molecule has 1 aromatic carbocycles. The number of hydrogen-bond acceptors (Lipinski definition) is 1. The summed E-state index contributed by atoms with van der Waals surface area (Å²) in [6, 6.07) is 5.96. The summed E-state index contributed by atoms with van der Waals surface area (Å²) in [4.78, 5) is 10.7. The number of rotatable bonds is 3. The number of benzene rings is 1. The Labute approximate surface area is 95.2 Å². The van der Waals surface area contributed by atoms with E-state index in [1.54, 1.807) is 19.1 Å². The van der Waals surface area contributed by atoms with Crippen LogP contribution in [0.3, 0.4) is 0 Å². The van der Waals surface area contributed by atoms with Crippen LogP contribution >= 0.6 is 0 Å². The summed E-state index contributed by atoms with van der Waals surface area (Å²) in [6.07, 6.45) is 5.80. The molecule has 3 heteroatoms. The molecule has 0 radical (unpaired) electrons. The maximum atomic E-state index is 12.4. The van der Waals surface area contributed by atoms with Crippen LogP contribution in [0.4, 0.5) is 4.39 Å². The summed E-state index contributed by atoms with van der Waals surface area (Å²) in [6.45, 7) is 5.36. The summed E-state index contributed by atoms with van der Waals surface area (Å²) < 4.78 is 12.4. The van der Waals surface area contributed by atoms with Gasteiger partial charge in [0.15, 0.2) is 0 Å². The van der Waals surface area contributed by atoms with E-state index in [-0.39, 0.29) is 11.7 Å². The Hall–Kier alpha value is -2.08. The van der Waals surface area contributed by atoms with Gasteiger partial charge in [0.2, 0.25) is 5.91 Å². The van der Waals surface area contributed by atoms with Gasteiger partial charge >= 0.3 is 0 Å². The lowest BCUT2D eigenvalue weighted by atomic mass is 10.2. The molecule has 1 rings (SSSR count). The van der Waals surface area contributed by atoms with Crippen molar-refractivity contribution in [3.8, 4) is 12.3 Å². The molecule has 0 aromatic heterocycles. The van der Waals surface area contributed by atoms with Gasteiger partial charge in [-0.15, -0.1) is 12.3 Å². The molecule has 0 bridgehead atoms. The highest BCUT2D eigenvalue weighted by Gasteiger charge is 1.95. The third-order valence-electron chi connectivity index (χ3n) is 1.57. The quantitative estimate of drug-likeness (QED) is 0.613. The third kappa shape index (κ3) is 6.39. The summed E-state index contributed by atoms with van der Waals surface area (Å²) in [5.41, 5.74) is 0.858. The van der Waals surface area contributed by atoms with Gasteiger partial charge in [-0.25, -0.2) is 4.39 Å². The highest BCUT2D eigenvalue weighted by atomic mass is 19.1. The topological polar surface area (TPSA) is 29.1 Å². The van der Waals surface area contributed by atoms with E-state index in [0.717, 1.165) is 5.56 Å². The van der Waals surface area contributed by atoms with Gasteiger partial charge in [-0.1, -0.05) is 18.7 Å². The monoisotopic (exact) mass is 219 g/mol. The zero-order valence-electron chi connectivity index (χ0n) is 9.16. The molecule has 2 nitrogen and oxygen atoms in total.